The molecule has 4 heteroatoms. The van der Waals surface area contributed by atoms with E-state index in [2.05, 4.69) is 0 Å². The molecule has 0 saturated carbocycles. The smallest absolute Gasteiger partial charge is 0.194 e. The van der Waals surface area contributed by atoms with Crippen LogP contribution >= 0.6 is 0 Å². The Labute approximate surface area is 109 Å². The fourth-order valence-electron chi connectivity index (χ4n) is 2.10. The van der Waals surface area contributed by atoms with E-state index in [0.717, 1.165) is 23.3 Å². The average molecular weight is 266 g/mol. The van der Waals surface area contributed by atoms with Crippen molar-refractivity contribution < 1.29 is 18.3 Å². The zero-order valence-corrected chi connectivity index (χ0v) is 10.5. The summed E-state index contributed by atoms with van der Waals surface area (Å²) in [5.41, 5.74) is 1.97. The highest BCUT2D eigenvalue weighted by molar-refractivity contribution is 5.36. The summed E-state index contributed by atoms with van der Waals surface area (Å²) in [6, 6.07) is 7.12. The predicted octanol–water partition coefficient (Wildman–Crippen LogP) is 3.80. The van der Waals surface area contributed by atoms with Crippen LogP contribution in [0, 0.1) is 31.3 Å². The van der Waals surface area contributed by atoms with Gasteiger partial charge in [-0.3, -0.25) is 0 Å². The number of aliphatic hydroxyl groups excluding tert-OH is 1. The molecule has 1 nitrogen and oxygen atoms in total. The van der Waals surface area contributed by atoms with Gasteiger partial charge >= 0.3 is 0 Å². The zero-order valence-electron chi connectivity index (χ0n) is 10.5. The van der Waals surface area contributed by atoms with E-state index in [9.17, 15) is 18.3 Å². The molecule has 0 fully saturated rings. The van der Waals surface area contributed by atoms with Crippen molar-refractivity contribution in [2.24, 2.45) is 0 Å². The van der Waals surface area contributed by atoms with E-state index in [0.29, 0.717) is 5.56 Å². The molecule has 1 unspecified atom stereocenters. The summed E-state index contributed by atoms with van der Waals surface area (Å²) in [6.45, 7) is 3.68. The molecule has 0 aromatic heterocycles. The maximum atomic E-state index is 13.6. The number of aryl methyl sites for hydroxylation is 2. The van der Waals surface area contributed by atoms with Gasteiger partial charge < -0.3 is 5.11 Å². The number of benzene rings is 2. The molecule has 0 aliphatic heterocycles. The van der Waals surface area contributed by atoms with Gasteiger partial charge in [0.05, 0.1) is 0 Å². The lowest BCUT2D eigenvalue weighted by atomic mass is 9.97. The summed E-state index contributed by atoms with van der Waals surface area (Å²) in [7, 11) is 0. The molecule has 1 atom stereocenters. The first kappa shape index (κ1) is 13.6. The number of rotatable bonds is 2. The first-order valence-electron chi connectivity index (χ1n) is 5.80. The lowest BCUT2D eigenvalue weighted by Gasteiger charge is -2.14. The lowest BCUT2D eigenvalue weighted by Crippen LogP contribution is -2.06. The van der Waals surface area contributed by atoms with E-state index in [4.69, 9.17) is 0 Å². The van der Waals surface area contributed by atoms with Gasteiger partial charge in [-0.25, -0.2) is 13.2 Å². The number of hydrogen-bond acceptors (Lipinski definition) is 1. The third-order valence-corrected chi connectivity index (χ3v) is 2.92. The molecule has 100 valence electrons. The fraction of sp³-hybridized carbons (Fsp3) is 0.200. The monoisotopic (exact) mass is 266 g/mol. The van der Waals surface area contributed by atoms with Gasteiger partial charge in [-0.1, -0.05) is 35.4 Å². The van der Waals surface area contributed by atoms with Crippen LogP contribution < -0.4 is 0 Å². The summed E-state index contributed by atoms with van der Waals surface area (Å²) in [6.07, 6.45) is -1.33. The van der Waals surface area contributed by atoms with E-state index < -0.39 is 23.6 Å². The maximum absolute atomic E-state index is 13.6. The Morgan fingerprint density at radius 3 is 2.05 bits per heavy atom. The van der Waals surface area contributed by atoms with Crippen LogP contribution in [0.25, 0.3) is 0 Å². The highest BCUT2D eigenvalue weighted by Gasteiger charge is 2.20. The third-order valence-electron chi connectivity index (χ3n) is 2.92. The Morgan fingerprint density at radius 1 is 0.895 bits per heavy atom. The summed E-state index contributed by atoms with van der Waals surface area (Å²) in [4.78, 5) is 0. The van der Waals surface area contributed by atoms with Gasteiger partial charge in [-0.2, -0.15) is 0 Å². The highest BCUT2D eigenvalue weighted by Crippen LogP contribution is 2.27. The molecule has 0 bridgehead atoms. The van der Waals surface area contributed by atoms with Crippen LogP contribution in [0.4, 0.5) is 13.2 Å². The summed E-state index contributed by atoms with van der Waals surface area (Å²) in [5.74, 6) is -4.19. The largest absolute Gasteiger partial charge is 0.384 e. The molecule has 2 aromatic carbocycles. The quantitative estimate of drug-likeness (QED) is 0.820. The van der Waals surface area contributed by atoms with Gasteiger partial charge in [0.1, 0.15) is 6.10 Å². The molecule has 0 aliphatic carbocycles. The van der Waals surface area contributed by atoms with Crippen LogP contribution in [-0.2, 0) is 0 Å². The second kappa shape index (κ2) is 5.05. The highest BCUT2D eigenvalue weighted by atomic mass is 19.2. The summed E-state index contributed by atoms with van der Waals surface area (Å²) >= 11 is 0. The fourth-order valence-corrected chi connectivity index (χ4v) is 2.10. The predicted molar refractivity (Wildman–Crippen MR) is 66.3 cm³/mol. The van der Waals surface area contributed by atoms with Gasteiger partial charge in [-0.05, 0) is 25.5 Å². The molecule has 19 heavy (non-hydrogen) atoms. The third kappa shape index (κ3) is 2.63. The van der Waals surface area contributed by atoms with Crippen molar-refractivity contribution in [2.45, 2.75) is 20.0 Å². The molecular weight excluding hydrogens is 253 g/mol. The van der Waals surface area contributed by atoms with Crippen LogP contribution in [0.1, 0.15) is 28.4 Å². The molecule has 0 saturated heterocycles. The second-order valence-corrected chi connectivity index (χ2v) is 4.59. The van der Waals surface area contributed by atoms with Gasteiger partial charge in [-0.15, -0.1) is 0 Å². The van der Waals surface area contributed by atoms with Crippen molar-refractivity contribution >= 4 is 0 Å². The zero-order chi connectivity index (χ0) is 14.2. The number of hydrogen-bond donors (Lipinski definition) is 1. The Morgan fingerprint density at radius 2 is 1.47 bits per heavy atom. The Balaban J connectivity index is 2.50. The van der Waals surface area contributed by atoms with E-state index in [1.54, 1.807) is 12.1 Å². The molecule has 1 N–H and O–H groups in total. The van der Waals surface area contributed by atoms with Crippen molar-refractivity contribution in [1.29, 1.82) is 0 Å². The van der Waals surface area contributed by atoms with Crippen molar-refractivity contribution in [3.05, 3.63) is 70.0 Å². The normalized spacial score (nSPS) is 12.5. The molecule has 0 heterocycles. The van der Waals surface area contributed by atoms with Crippen LogP contribution in [0.3, 0.4) is 0 Å². The van der Waals surface area contributed by atoms with E-state index in [1.807, 2.05) is 19.9 Å². The van der Waals surface area contributed by atoms with E-state index in [-0.39, 0.29) is 5.56 Å². The molecule has 2 aromatic rings. The van der Waals surface area contributed by atoms with Gasteiger partial charge in [0.2, 0.25) is 0 Å². The van der Waals surface area contributed by atoms with Crippen molar-refractivity contribution in [1.82, 2.24) is 0 Å². The topological polar surface area (TPSA) is 20.2 Å². The minimum absolute atomic E-state index is 0.274. The average Bonchev–Trinajstić information content (AvgIpc) is 2.34. The van der Waals surface area contributed by atoms with Crippen molar-refractivity contribution in [3.63, 3.8) is 0 Å². The maximum Gasteiger partial charge on any atom is 0.194 e. The molecule has 0 radical (unpaired) electrons. The lowest BCUT2D eigenvalue weighted by molar-refractivity contribution is 0.212. The molecule has 0 spiro atoms. The first-order valence-corrected chi connectivity index (χ1v) is 5.80. The molecule has 0 aliphatic rings. The summed E-state index contributed by atoms with van der Waals surface area (Å²) in [5, 5.41) is 10.1. The second-order valence-electron chi connectivity index (χ2n) is 4.59. The summed E-state index contributed by atoms with van der Waals surface area (Å²) < 4.78 is 39.6. The molecule has 2 rings (SSSR count). The molecule has 0 amide bonds. The number of aliphatic hydroxyl groups is 1. The van der Waals surface area contributed by atoms with Crippen LogP contribution in [0.5, 0.6) is 0 Å². The van der Waals surface area contributed by atoms with E-state index in [1.165, 1.54) is 0 Å². The standard InChI is InChI=1S/C15H13F3O/c1-8-5-9(2)7-10(6-8)15(19)11-3-4-12(16)14(18)13(11)17/h3-7,15,19H,1-2H3. The van der Waals surface area contributed by atoms with Crippen molar-refractivity contribution in [3.8, 4) is 0 Å². The Kier molecular flexibility index (Phi) is 3.62. The van der Waals surface area contributed by atoms with Crippen LogP contribution in [0.15, 0.2) is 30.3 Å². The number of halogens is 3. The van der Waals surface area contributed by atoms with Gasteiger partial charge in [0.15, 0.2) is 17.5 Å². The Bertz CT molecular complexity index is 603. The first-order chi connectivity index (χ1) is 8.90. The minimum atomic E-state index is -1.57. The van der Waals surface area contributed by atoms with Crippen molar-refractivity contribution in [2.75, 3.05) is 0 Å². The van der Waals surface area contributed by atoms with Crippen LogP contribution in [0.2, 0.25) is 0 Å². The van der Waals surface area contributed by atoms with Gasteiger partial charge in [0, 0.05) is 5.56 Å². The SMILES string of the molecule is Cc1cc(C)cc(C(O)c2ccc(F)c(F)c2F)c1. The van der Waals surface area contributed by atoms with Gasteiger partial charge in [0.25, 0.3) is 0 Å². The molecular formula is C15H13F3O. The van der Waals surface area contributed by atoms with E-state index >= 15 is 0 Å². The van der Waals surface area contributed by atoms with Crippen LogP contribution in [-0.4, -0.2) is 5.11 Å². The minimum Gasteiger partial charge on any atom is -0.384 e. The Hall–Kier alpha value is -1.81.